The summed E-state index contributed by atoms with van der Waals surface area (Å²) in [6.45, 7) is 4.23. The van der Waals surface area contributed by atoms with Crippen LogP contribution in [0, 0.1) is 6.92 Å². The third-order valence-corrected chi connectivity index (χ3v) is 5.76. The Morgan fingerprint density at radius 3 is 2.47 bits per heavy atom. The number of aromatic nitrogens is 2. The minimum atomic E-state index is -0.487. The van der Waals surface area contributed by atoms with Crippen LogP contribution in [-0.4, -0.2) is 26.2 Å². The number of amides is 1. The number of fused-ring (bicyclic) bond motifs is 1. The summed E-state index contributed by atoms with van der Waals surface area (Å²) in [7, 11) is 0. The second-order valence-electron chi connectivity index (χ2n) is 7.78. The van der Waals surface area contributed by atoms with Crippen molar-refractivity contribution in [3.63, 3.8) is 0 Å². The standard InChI is InChI=1S/C26H24ClN3O2/c1-18-9-8-12-21(15-18)30-25(28-23-14-7-6-13-22(23)26(30)32)19(2)29(24(31)16-27)17-20-10-4-3-5-11-20/h3-15,19H,16-17H2,1-2H3. The molecule has 0 spiro atoms. The normalized spacial score (nSPS) is 12.0. The highest BCUT2D eigenvalue weighted by Crippen LogP contribution is 2.25. The van der Waals surface area contributed by atoms with Crippen molar-refractivity contribution in [2.45, 2.75) is 26.4 Å². The van der Waals surface area contributed by atoms with Crippen LogP contribution in [0.25, 0.3) is 16.6 Å². The smallest absolute Gasteiger partial charge is 0.266 e. The maximum absolute atomic E-state index is 13.6. The van der Waals surface area contributed by atoms with Crippen molar-refractivity contribution >= 4 is 28.4 Å². The van der Waals surface area contributed by atoms with Crippen LogP contribution in [-0.2, 0) is 11.3 Å². The zero-order valence-corrected chi connectivity index (χ0v) is 18.8. The summed E-state index contributed by atoms with van der Waals surface area (Å²) in [6.07, 6.45) is 0. The van der Waals surface area contributed by atoms with Crippen molar-refractivity contribution in [2.24, 2.45) is 0 Å². The zero-order chi connectivity index (χ0) is 22.7. The summed E-state index contributed by atoms with van der Waals surface area (Å²) < 4.78 is 1.61. The lowest BCUT2D eigenvalue weighted by atomic mass is 10.1. The van der Waals surface area contributed by atoms with Crippen LogP contribution >= 0.6 is 11.6 Å². The predicted octanol–water partition coefficient (Wildman–Crippen LogP) is 5.02. The molecule has 0 saturated heterocycles. The van der Waals surface area contributed by atoms with E-state index in [1.165, 1.54) is 0 Å². The Bertz CT molecular complexity index is 1320. The molecule has 4 aromatic rings. The number of hydrogen-bond acceptors (Lipinski definition) is 3. The predicted molar refractivity (Wildman–Crippen MR) is 128 cm³/mol. The second kappa shape index (κ2) is 9.37. The third kappa shape index (κ3) is 4.30. The molecule has 0 aliphatic carbocycles. The summed E-state index contributed by atoms with van der Waals surface area (Å²) in [5, 5.41) is 0.531. The van der Waals surface area contributed by atoms with E-state index in [0.29, 0.717) is 29.0 Å². The SMILES string of the molecule is Cc1cccc(-n2c(C(C)N(Cc3ccccc3)C(=O)CCl)nc3ccccc3c2=O)c1. The highest BCUT2D eigenvalue weighted by Gasteiger charge is 2.26. The Hall–Kier alpha value is -3.44. The lowest BCUT2D eigenvalue weighted by molar-refractivity contribution is -0.131. The van der Waals surface area contributed by atoms with Gasteiger partial charge in [-0.15, -0.1) is 11.6 Å². The van der Waals surface area contributed by atoms with Crippen molar-refractivity contribution < 1.29 is 4.79 Å². The Morgan fingerprint density at radius 1 is 1.03 bits per heavy atom. The molecule has 1 unspecified atom stereocenters. The van der Waals surface area contributed by atoms with Gasteiger partial charge in [0.2, 0.25) is 5.91 Å². The van der Waals surface area contributed by atoms with E-state index in [-0.39, 0.29) is 17.3 Å². The fourth-order valence-corrected chi connectivity index (χ4v) is 4.04. The Kier molecular flexibility index (Phi) is 6.37. The van der Waals surface area contributed by atoms with Gasteiger partial charge in [0.1, 0.15) is 11.7 Å². The van der Waals surface area contributed by atoms with Gasteiger partial charge < -0.3 is 4.90 Å². The molecule has 5 nitrogen and oxygen atoms in total. The minimum absolute atomic E-state index is 0.153. The van der Waals surface area contributed by atoms with E-state index in [1.54, 1.807) is 15.5 Å². The van der Waals surface area contributed by atoms with Crippen molar-refractivity contribution in [3.8, 4) is 5.69 Å². The molecule has 162 valence electrons. The lowest BCUT2D eigenvalue weighted by Crippen LogP contribution is -2.37. The summed E-state index contributed by atoms with van der Waals surface area (Å²) in [6, 6.07) is 24.2. The van der Waals surface area contributed by atoms with Gasteiger partial charge >= 0.3 is 0 Å². The van der Waals surface area contributed by atoms with Gasteiger partial charge in [0.25, 0.3) is 5.56 Å². The first-order valence-corrected chi connectivity index (χ1v) is 11.0. The number of alkyl halides is 1. The number of rotatable bonds is 6. The quantitative estimate of drug-likeness (QED) is 0.391. The van der Waals surface area contributed by atoms with Crippen LogP contribution in [0.4, 0.5) is 0 Å². The average Bonchev–Trinajstić information content (AvgIpc) is 2.82. The second-order valence-corrected chi connectivity index (χ2v) is 8.05. The highest BCUT2D eigenvalue weighted by atomic mass is 35.5. The molecule has 0 bridgehead atoms. The topological polar surface area (TPSA) is 55.2 Å². The van der Waals surface area contributed by atoms with Crippen LogP contribution in [0.1, 0.15) is 29.9 Å². The molecule has 0 N–H and O–H groups in total. The molecule has 32 heavy (non-hydrogen) atoms. The first kappa shape index (κ1) is 21.8. The molecule has 0 fully saturated rings. The number of hydrogen-bond donors (Lipinski definition) is 0. The van der Waals surface area contributed by atoms with E-state index in [0.717, 1.165) is 11.1 Å². The first-order chi connectivity index (χ1) is 15.5. The summed E-state index contributed by atoms with van der Waals surface area (Å²) in [5.41, 5.74) is 3.15. The molecular formula is C26H24ClN3O2. The minimum Gasteiger partial charge on any atom is -0.327 e. The van der Waals surface area contributed by atoms with Crippen LogP contribution < -0.4 is 5.56 Å². The van der Waals surface area contributed by atoms with Crippen molar-refractivity contribution in [3.05, 3.63) is 106 Å². The van der Waals surface area contributed by atoms with Crippen LogP contribution in [0.15, 0.2) is 83.7 Å². The number of carbonyl (C=O) groups is 1. The number of halogens is 1. The van der Waals surface area contributed by atoms with Gasteiger partial charge in [-0.25, -0.2) is 4.98 Å². The van der Waals surface area contributed by atoms with Gasteiger partial charge in [0.05, 0.1) is 22.6 Å². The molecule has 3 aromatic carbocycles. The number of aryl methyl sites for hydroxylation is 1. The molecule has 0 radical (unpaired) electrons. The van der Waals surface area contributed by atoms with Gasteiger partial charge in [0, 0.05) is 6.54 Å². The zero-order valence-electron chi connectivity index (χ0n) is 18.0. The van der Waals surface area contributed by atoms with Gasteiger partial charge in [-0.2, -0.15) is 0 Å². The van der Waals surface area contributed by atoms with Crippen molar-refractivity contribution in [2.75, 3.05) is 5.88 Å². The largest absolute Gasteiger partial charge is 0.327 e. The Morgan fingerprint density at radius 2 is 1.75 bits per heavy atom. The molecule has 0 aliphatic heterocycles. The van der Waals surface area contributed by atoms with Crippen LogP contribution in [0.2, 0.25) is 0 Å². The maximum atomic E-state index is 13.6. The van der Waals surface area contributed by atoms with Crippen molar-refractivity contribution in [1.82, 2.24) is 14.5 Å². The van der Waals surface area contributed by atoms with Gasteiger partial charge in [0.15, 0.2) is 0 Å². The molecule has 0 aliphatic rings. The fraction of sp³-hybridized carbons (Fsp3) is 0.192. The van der Waals surface area contributed by atoms with Crippen LogP contribution in [0.5, 0.6) is 0 Å². The maximum Gasteiger partial charge on any atom is 0.266 e. The van der Waals surface area contributed by atoms with E-state index in [1.807, 2.05) is 86.6 Å². The lowest BCUT2D eigenvalue weighted by Gasteiger charge is -2.30. The summed E-state index contributed by atoms with van der Waals surface area (Å²) in [5.74, 6) is 0.120. The third-order valence-electron chi connectivity index (χ3n) is 5.53. The molecule has 0 saturated carbocycles. The summed E-state index contributed by atoms with van der Waals surface area (Å²) in [4.78, 5) is 33.0. The number of para-hydroxylation sites is 1. The monoisotopic (exact) mass is 445 g/mol. The van der Waals surface area contributed by atoms with E-state index in [9.17, 15) is 9.59 Å². The van der Waals surface area contributed by atoms with E-state index >= 15 is 0 Å². The van der Waals surface area contributed by atoms with Gasteiger partial charge in [-0.1, -0.05) is 54.6 Å². The van der Waals surface area contributed by atoms with E-state index in [2.05, 4.69) is 0 Å². The number of benzene rings is 3. The highest BCUT2D eigenvalue weighted by molar-refractivity contribution is 6.27. The number of carbonyl (C=O) groups excluding carboxylic acids is 1. The molecule has 1 atom stereocenters. The molecule has 1 heterocycles. The number of nitrogens with zero attached hydrogens (tertiary/aromatic N) is 3. The molecule has 1 aromatic heterocycles. The van der Waals surface area contributed by atoms with Crippen LogP contribution in [0.3, 0.4) is 0 Å². The molecule has 1 amide bonds. The fourth-order valence-electron chi connectivity index (χ4n) is 3.88. The molecule has 4 rings (SSSR count). The molecular weight excluding hydrogens is 422 g/mol. The van der Waals surface area contributed by atoms with Crippen molar-refractivity contribution in [1.29, 1.82) is 0 Å². The molecule has 6 heteroatoms. The van der Waals surface area contributed by atoms with E-state index in [4.69, 9.17) is 16.6 Å². The Balaban J connectivity index is 1.92. The van der Waals surface area contributed by atoms with E-state index < -0.39 is 6.04 Å². The average molecular weight is 446 g/mol. The summed E-state index contributed by atoms with van der Waals surface area (Å²) >= 11 is 5.97. The Labute approximate surface area is 191 Å². The van der Waals surface area contributed by atoms with Gasteiger partial charge in [-0.3, -0.25) is 14.2 Å². The van der Waals surface area contributed by atoms with Gasteiger partial charge in [-0.05, 0) is 49.2 Å². The first-order valence-electron chi connectivity index (χ1n) is 10.5.